The van der Waals surface area contributed by atoms with Crippen LogP contribution >= 0.6 is 34.2 Å². The third kappa shape index (κ3) is 3.13. The van der Waals surface area contributed by atoms with E-state index in [-0.39, 0.29) is 0 Å². The summed E-state index contributed by atoms with van der Waals surface area (Å²) in [7, 11) is 0. The number of anilines is 3. The van der Waals surface area contributed by atoms with Gasteiger partial charge in [0.1, 0.15) is 17.5 Å². The lowest BCUT2D eigenvalue weighted by atomic mass is 10.3. The Bertz CT molecular complexity index is 645. The van der Waals surface area contributed by atoms with Crippen molar-refractivity contribution in [1.82, 2.24) is 9.97 Å². The summed E-state index contributed by atoms with van der Waals surface area (Å²) in [6.07, 6.45) is 2.29. The average Bonchev–Trinajstić information content (AvgIpc) is 3.26. The van der Waals surface area contributed by atoms with Crippen molar-refractivity contribution in [2.75, 3.05) is 10.7 Å². The number of nitrogens with two attached hydrogens (primary N) is 1. The molecule has 0 aliphatic heterocycles. The molecule has 0 radical (unpaired) electrons. The maximum Gasteiger partial charge on any atom is 0.145 e. The highest BCUT2D eigenvalue weighted by atomic mass is 127. The number of benzene rings is 1. The predicted octanol–water partition coefficient (Wildman–Crippen LogP) is 3.64. The molecule has 0 atom stereocenters. The molecule has 2 aromatic rings. The molecule has 5 nitrogen and oxygen atoms in total. The first kappa shape index (κ1) is 13.8. The molecule has 1 aliphatic carbocycles. The van der Waals surface area contributed by atoms with Crippen LogP contribution in [0.15, 0.2) is 24.3 Å². The fourth-order valence-corrected chi connectivity index (χ4v) is 2.86. The second-order valence-corrected chi connectivity index (χ2v) is 6.26. The normalized spacial score (nSPS) is 14.2. The van der Waals surface area contributed by atoms with Crippen LogP contribution in [0.2, 0.25) is 5.02 Å². The Hall–Kier alpha value is -1.12. The maximum absolute atomic E-state index is 5.96. The van der Waals surface area contributed by atoms with E-state index >= 15 is 0 Å². The van der Waals surface area contributed by atoms with Crippen molar-refractivity contribution >= 4 is 51.5 Å². The Morgan fingerprint density at radius 3 is 2.60 bits per heavy atom. The largest absolute Gasteiger partial charge is 0.339 e. The molecule has 1 fully saturated rings. The van der Waals surface area contributed by atoms with Crippen LogP contribution in [0.5, 0.6) is 0 Å². The van der Waals surface area contributed by atoms with Gasteiger partial charge in [-0.25, -0.2) is 15.8 Å². The number of hydrazine groups is 1. The van der Waals surface area contributed by atoms with Crippen LogP contribution in [0.25, 0.3) is 0 Å². The van der Waals surface area contributed by atoms with Crippen molar-refractivity contribution in [3.05, 3.63) is 38.7 Å². The van der Waals surface area contributed by atoms with Gasteiger partial charge < -0.3 is 10.7 Å². The molecule has 0 saturated heterocycles. The smallest absolute Gasteiger partial charge is 0.145 e. The number of rotatable bonds is 4. The molecule has 104 valence electrons. The van der Waals surface area contributed by atoms with E-state index in [0.29, 0.717) is 16.8 Å². The molecule has 1 heterocycles. The topological polar surface area (TPSA) is 75.9 Å². The Labute approximate surface area is 135 Å². The third-order valence-corrected chi connectivity index (χ3v) is 4.16. The molecular weight excluding hydrogens is 389 g/mol. The standard InChI is InChI=1S/C13H13ClIN5/c14-8-3-4-10(9(15)5-8)17-11-6-12(20-16)19-13(18-11)7-1-2-7/h3-7H,1-2,16H2,(H2,17,18,19,20). The maximum atomic E-state index is 5.96. The van der Waals surface area contributed by atoms with Crippen molar-refractivity contribution in [2.45, 2.75) is 18.8 Å². The zero-order chi connectivity index (χ0) is 14.1. The van der Waals surface area contributed by atoms with Gasteiger partial charge in [-0.05, 0) is 53.6 Å². The average molecular weight is 402 g/mol. The second kappa shape index (κ2) is 5.71. The summed E-state index contributed by atoms with van der Waals surface area (Å²) in [5.74, 6) is 8.12. The first-order valence-electron chi connectivity index (χ1n) is 6.23. The van der Waals surface area contributed by atoms with E-state index < -0.39 is 0 Å². The molecule has 0 unspecified atom stereocenters. The summed E-state index contributed by atoms with van der Waals surface area (Å²) in [5.41, 5.74) is 3.54. The van der Waals surface area contributed by atoms with Crippen molar-refractivity contribution in [3.63, 3.8) is 0 Å². The van der Waals surface area contributed by atoms with Gasteiger partial charge in [0.15, 0.2) is 0 Å². The first-order chi connectivity index (χ1) is 9.65. The number of aromatic nitrogens is 2. The van der Waals surface area contributed by atoms with Crippen LogP contribution in [0.1, 0.15) is 24.6 Å². The molecule has 1 aliphatic rings. The molecular formula is C13H13ClIN5. The summed E-state index contributed by atoms with van der Waals surface area (Å²) in [6, 6.07) is 7.46. The molecule has 1 aromatic carbocycles. The molecule has 4 N–H and O–H groups in total. The third-order valence-electron chi connectivity index (χ3n) is 3.03. The molecule has 7 heteroatoms. The van der Waals surface area contributed by atoms with Crippen LogP contribution in [0.3, 0.4) is 0 Å². The minimum Gasteiger partial charge on any atom is -0.339 e. The second-order valence-electron chi connectivity index (χ2n) is 4.66. The highest BCUT2D eigenvalue weighted by Gasteiger charge is 2.27. The van der Waals surface area contributed by atoms with E-state index in [0.717, 1.165) is 33.7 Å². The molecule has 3 rings (SSSR count). The summed E-state index contributed by atoms with van der Waals surface area (Å²) in [4.78, 5) is 8.93. The molecule has 0 spiro atoms. The first-order valence-corrected chi connectivity index (χ1v) is 7.69. The fraction of sp³-hybridized carbons (Fsp3) is 0.231. The van der Waals surface area contributed by atoms with Gasteiger partial charge in [-0.3, -0.25) is 0 Å². The van der Waals surface area contributed by atoms with E-state index in [4.69, 9.17) is 17.4 Å². The van der Waals surface area contributed by atoms with Gasteiger partial charge >= 0.3 is 0 Å². The van der Waals surface area contributed by atoms with E-state index in [1.807, 2.05) is 18.2 Å². The van der Waals surface area contributed by atoms with Gasteiger partial charge in [0.2, 0.25) is 0 Å². The number of halogens is 2. The van der Waals surface area contributed by atoms with E-state index in [9.17, 15) is 0 Å². The Morgan fingerprint density at radius 2 is 1.95 bits per heavy atom. The zero-order valence-corrected chi connectivity index (χ0v) is 13.4. The van der Waals surface area contributed by atoms with E-state index in [1.54, 1.807) is 6.07 Å². The van der Waals surface area contributed by atoms with Gasteiger partial charge in [-0.2, -0.15) is 0 Å². The Kier molecular flexibility index (Phi) is 3.95. The highest BCUT2D eigenvalue weighted by molar-refractivity contribution is 14.1. The van der Waals surface area contributed by atoms with Crippen molar-refractivity contribution in [3.8, 4) is 0 Å². The van der Waals surface area contributed by atoms with Gasteiger partial charge in [0.05, 0.1) is 5.69 Å². The summed E-state index contributed by atoms with van der Waals surface area (Å²) >= 11 is 8.19. The molecule has 0 amide bonds. The summed E-state index contributed by atoms with van der Waals surface area (Å²) in [6.45, 7) is 0. The van der Waals surface area contributed by atoms with Crippen molar-refractivity contribution in [2.24, 2.45) is 5.84 Å². The number of hydrogen-bond donors (Lipinski definition) is 3. The van der Waals surface area contributed by atoms with Crippen LogP contribution in [0, 0.1) is 3.57 Å². The highest BCUT2D eigenvalue weighted by Crippen LogP contribution is 2.39. The summed E-state index contributed by atoms with van der Waals surface area (Å²) in [5, 5.41) is 4.00. The van der Waals surface area contributed by atoms with Gasteiger partial charge in [0, 0.05) is 20.6 Å². The number of nitrogens with zero attached hydrogens (tertiary/aromatic N) is 2. The predicted molar refractivity (Wildman–Crippen MR) is 89.3 cm³/mol. The van der Waals surface area contributed by atoms with Crippen molar-refractivity contribution in [1.29, 1.82) is 0 Å². The van der Waals surface area contributed by atoms with Gasteiger partial charge in [-0.1, -0.05) is 11.6 Å². The van der Waals surface area contributed by atoms with Gasteiger partial charge in [-0.15, -0.1) is 0 Å². The van der Waals surface area contributed by atoms with Crippen LogP contribution in [-0.2, 0) is 0 Å². The van der Waals surface area contributed by atoms with Crippen LogP contribution in [-0.4, -0.2) is 9.97 Å². The van der Waals surface area contributed by atoms with E-state index in [1.165, 1.54) is 0 Å². The monoisotopic (exact) mass is 401 g/mol. The van der Waals surface area contributed by atoms with Gasteiger partial charge in [0.25, 0.3) is 0 Å². The lowest BCUT2D eigenvalue weighted by Gasteiger charge is -2.11. The lowest BCUT2D eigenvalue weighted by molar-refractivity contribution is 0.929. The van der Waals surface area contributed by atoms with Crippen LogP contribution in [0.4, 0.5) is 17.3 Å². The minimum absolute atomic E-state index is 0.466. The minimum atomic E-state index is 0.466. The van der Waals surface area contributed by atoms with E-state index in [2.05, 4.69) is 43.3 Å². The quantitative estimate of drug-likeness (QED) is 0.414. The molecule has 1 saturated carbocycles. The number of nitrogens with one attached hydrogen (secondary N) is 2. The number of nitrogen functional groups attached to an aromatic ring is 1. The Morgan fingerprint density at radius 1 is 1.20 bits per heavy atom. The molecule has 1 aromatic heterocycles. The Balaban J connectivity index is 1.91. The van der Waals surface area contributed by atoms with Crippen LogP contribution < -0.4 is 16.6 Å². The summed E-state index contributed by atoms with van der Waals surface area (Å²) < 4.78 is 1.03. The van der Waals surface area contributed by atoms with Crippen molar-refractivity contribution < 1.29 is 0 Å². The SMILES string of the molecule is NNc1cc(Nc2ccc(Cl)cc2I)nc(C2CC2)n1. The molecule has 20 heavy (non-hydrogen) atoms. The fourth-order valence-electron chi connectivity index (χ4n) is 1.86. The lowest BCUT2D eigenvalue weighted by Crippen LogP contribution is -2.11. The zero-order valence-electron chi connectivity index (χ0n) is 10.5. The number of hydrogen-bond acceptors (Lipinski definition) is 5. The molecule has 0 bridgehead atoms.